The molecular formula is C9H6N4S2. The Bertz CT molecular complexity index is 475. The molecule has 74 valence electrons. The second kappa shape index (κ2) is 4.87. The van der Waals surface area contributed by atoms with Gasteiger partial charge in [0.25, 0.3) is 0 Å². The van der Waals surface area contributed by atoms with Crippen LogP contribution < -0.4 is 0 Å². The van der Waals surface area contributed by atoms with Crippen molar-refractivity contribution in [3.8, 4) is 16.6 Å². The normalized spacial score (nSPS) is 9.80. The largest absolute Gasteiger partial charge is 0.218 e. The summed E-state index contributed by atoms with van der Waals surface area (Å²) in [6.07, 6.45) is 1.63. The average molecular weight is 234 g/mol. The Labute approximate surface area is 95.0 Å². The Morgan fingerprint density at radius 3 is 3.20 bits per heavy atom. The molecular weight excluding hydrogens is 228 g/mol. The van der Waals surface area contributed by atoms with Gasteiger partial charge in [-0.05, 0) is 11.4 Å². The molecule has 0 N–H and O–H groups in total. The topological polar surface area (TPSA) is 62.5 Å². The monoisotopic (exact) mass is 234 g/mol. The number of hydrogen-bond donors (Lipinski definition) is 0. The third-order valence-corrected chi connectivity index (χ3v) is 3.18. The van der Waals surface area contributed by atoms with Crippen molar-refractivity contribution >= 4 is 23.1 Å². The molecule has 0 fully saturated rings. The van der Waals surface area contributed by atoms with E-state index in [2.05, 4.69) is 15.2 Å². The summed E-state index contributed by atoms with van der Waals surface area (Å²) in [6, 6.07) is 5.97. The highest BCUT2D eigenvalue weighted by Gasteiger charge is 2.04. The molecule has 0 unspecified atom stereocenters. The number of hydrogen-bond acceptors (Lipinski definition) is 6. The van der Waals surface area contributed by atoms with Gasteiger partial charge in [-0.15, -0.1) is 16.4 Å². The minimum atomic E-state index is 0.343. The van der Waals surface area contributed by atoms with Crippen molar-refractivity contribution in [3.63, 3.8) is 0 Å². The summed E-state index contributed by atoms with van der Waals surface area (Å²) in [5.74, 6) is 0.343. The lowest BCUT2D eigenvalue weighted by Crippen LogP contribution is -1.92. The van der Waals surface area contributed by atoms with Crippen molar-refractivity contribution in [1.29, 1.82) is 5.26 Å². The SMILES string of the molecule is N#CCSc1nncc(-c2cccs2)n1. The smallest absolute Gasteiger partial charge is 0.210 e. The van der Waals surface area contributed by atoms with E-state index < -0.39 is 0 Å². The second-order valence-electron chi connectivity index (χ2n) is 2.55. The first-order valence-corrected chi connectivity index (χ1v) is 6.00. The Hall–Kier alpha value is -1.45. The lowest BCUT2D eigenvalue weighted by atomic mass is 10.4. The Morgan fingerprint density at radius 1 is 1.53 bits per heavy atom. The highest BCUT2D eigenvalue weighted by atomic mass is 32.2. The van der Waals surface area contributed by atoms with E-state index in [1.165, 1.54) is 11.8 Å². The zero-order chi connectivity index (χ0) is 10.5. The maximum atomic E-state index is 8.44. The van der Waals surface area contributed by atoms with E-state index in [0.29, 0.717) is 10.9 Å². The van der Waals surface area contributed by atoms with Gasteiger partial charge >= 0.3 is 0 Å². The molecule has 0 aliphatic carbocycles. The number of nitrogens with zero attached hydrogens (tertiary/aromatic N) is 4. The quantitative estimate of drug-likeness (QED) is 0.762. The van der Waals surface area contributed by atoms with E-state index in [1.54, 1.807) is 17.5 Å². The van der Waals surface area contributed by atoms with Gasteiger partial charge in [0, 0.05) is 0 Å². The molecule has 2 heterocycles. The van der Waals surface area contributed by atoms with Crippen LogP contribution in [0.5, 0.6) is 0 Å². The highest BCUT2D eigenvalue weighted by molar-refractivity contribution is 7.99. The van der Waals surface area contributed by atoms with Gasteiger partial charge in [-0.3, -0.25) is 0 Å². The molecule has 2 aromatic rings. The van der Waals surface area contributed by atoms with Crippen LogP contribution in [0.2, 0.25) is 0 Å². The Balaban J connectivity index is 2.24. The summed E-state index contributed by atoms with van der Waals surface area (Å²) in [6.45, 7) is 0. The standard InChI is InChI=1S/C9H6N4S2/c10-3-5-15-9-12-7(6-11-13-9)8-2-1-4-14-8/h1-2,4,6H,5H2. The summed E-state index contributed by atoms with van der Waals surface area (Å²) < 4.78 is 0. The van der Waals surface area contributed by atoms with Crippen LogP contribution in [0.25, 0.3) is 10.6 Å². The van der Waals surface area contributed by atoms with Crippen molar-refractivity contribution in [1.82, 2.24) is 15.2 Å². The average Bonchev–Trinajstić information content (AvgIpc) is 2.80. The Morgan fingerprint density at radius 2 is 2.47 bits per heavy atom. The van der Waals surface area contributed by atoms with E-state index in [4.69, 9.17) is 5.26 Å². The number of thioether (sulfide) groups is 1. The second-order valence-corrected chi connectivity index (χ2v) is 4.44. The van der Waals surface area contributed by atoms with Gasteiger partial charge in [0.15, 0.2) is 0 Å². The molecule has 0 aliphatic heterocycles. The van der Waals surface area contributed by atoms with Crippen LogP contribution >= 0.6 is 23.1 Å². The molecule has 0 atom stereocenters. The molecule has 0 saturated heterocycles. The molecule has 0 aliphatic rings. The molecule has 4 nitrogen and oxygen atoms in total. The summed E-state index contributed by atoms with van der Waals surface area (Å²) >= 11 is 2.89. The van der Waals surface area contributed by atoms with Gasteiger partial charge in [0.2, 0.25) is 5.16 Å². The molecule has 2 aromatic heterocycles. The van der Waals surface area contributed by atoms with Crippen LogP contribution in [0.15, 0.2) is 28.9 Å². The van der Waals surface area contributed by atoms with E-state index in [-0.39, 0.29) is 0 Å². The van der Waals surface area contributed by atoms with Crippen LogP contribution in [0.3, 0.4) is 0 Å². The first-order chi connectivity index (χ1) is 7.40. The van der Waals surface area contributed by atoms with Crippen LogP contribution in [-0.4, -0.2) is 20.9 Å². The van der Waals surface area contributed by atoms with Crippen LogP contribution in [-0.2, 0) is 0 Å². The van der Waals surface area contributed by atoms with Crippen molar-refractivity contribution in [2.75, 3.05) is 5.75 Å². The summed E-state index contributed by atoms with van der Waals surface area (Å²) in [4.78, 5) is 5.36. The zero-order valence-electron chi connectivity index (χ0n) is 7.62. The van der Waals surface area contributed by atoms with Crippen LogP contribution in [0, 0.1) is 11.3 Å². The van der Waals surface area contributed by atoms with Gasteiger partial charge < -0.3 is 0 Å². The predicted molar refractivity (Wildman–Crippen MR) is 59.5 cm³/mol. The first kappa shape index (κ1) is 10.1. The van der Waals surface area contributed by atoms with Gasteiger partial charge in [0.1, 0.15) is 5.69 Å². The lowest BCUT2D eigenvalue weighted by molar-refractivity contribution is 0.846. The van der Waals surface area contributed by atoms with Gasteiger partial charge in [-0.2, -0.15) is 10.4 Å². The minimum Gasteiger partial charge on any atom is -0.218 e. The van der Waals surface area contributed by atoms with Crippen molar-refractivity contribution in [2.24, 2.45) is 0 Å². The lowest BCUT2D eigenvalue weighted by Gasteiger charge is -1.97. The molecule has 2 rings (SSSR count). The molecule has 0 saturated carbocycles. The van der Waals surface area contributed by atoms with Gasteiger partial charge in [0.05, 0.1) is 22.9 Å². The fourth-order valence-corrected chi connectivity index (χ4v) is 2.13. The van der Waals surface area contributed by atoms with Gasteiger partial charge in [-0.25, -0.2) is 4.98 Å². The van der Waals surface area contributed by atoms with Gasteiger partial charge in [-0.1, -0.05) is 17.8 Å². The van der Waals surface area contributed by atoms with Crippen molar-refractivity contribution < 1.29 is 0 Å². The molecule has 0 spiro atoms. The summed E-state index contributed by atoms with van der Waals surface area (Å²) in [5.41, 5.74) is 0.806. The fraction of sp³-hybridized carbons (Fsp3) is 0.111. The van der Waals surface area contributed by atoms with E-state index in [0.717, 1.165) is 10.6 Å². The van der Waals surface area contributed by atoms with Crippen LogP contribution in [0.4, 0.5) is 0 Å². The fourth-order valence-electron chi connectivity index (χ4n) is 0.988. The number of rotatable bonds is 3. The summed E-state index contributed by atoms with van der Waals surface area (Å²) in [5, 5.41) is 18.7. The third kappa shape index (κ3) is 2.52. The molecule has 15 heavy (non-hydrogen) atoms. The molecule has 0 bridgehead atoms. The molecule has 0 aromatic carbocycles. The van der Waals surface area contributed by atoms with Crippen molar-refractivity contribution in [3.05, 3.63) is 23.7 Å². The predicted octanol–water partition coefficient (Wildman–Crippen LogP) is 2.22. The zero-order valence-corrected chi connectivity index (χ0v) is 9.25. The number of aromatic nitrogens is 3. The highest BCUT2D eigenvalue weighted by Crippen LogP contribution is 2.23. The van der Waals surface area contributed by atoms with E-state index in [9.17, 15) is 0 Å². The number of nitriles is 1. The Kier molecular flexibility index (Phi) is 3.27. The minimum absolute atomic E-state index is 0.343. The molecule has 6 heteroatoms. The maximum Gasteiger partial charge on any atom is 0.210 e. The molecule has 0 radical (unpaired) electrons. The number of thiophene rings is 1. The van der Waals surface area contributed by atoms with E-state index >= 15 is 0 Å². The third-order valence-electron chi connectivity index (χ3n) is 1.58. The summed E-state index contributed by atoms with van der Waals surface area (Å²) in [7, 11) is 0. The first-order valence-electron chi connectivity index (χ1n) is 4.13. The molecule has 0 amide bonds. The van der Waals surface area contributed by atoms with Crippen molar-refractivity contribution in [2.45, 2.75) is 5.16 Å². The maximum absolute atomic E-state index is 8.44. The van der Waals surface area contributed by atoms with E-state index in [1.807, 2.05) is 23.6 Å². The van der Waals surface area contributed by atoms with Crippen LogP contribution in [0.1, 0.15) is 0 Å².